The van der Waals surface area contributed by atoms with Gasteiger partial charge < -0.3 is 39.0 Å². The molecule has 0 saturated heterocycles. The van der Waals surface area contributed by atoms with Gasteiger partial charge in [0.15, 0.2) is 11.5 Å². The molecular weight excluding hydrogens is 568 g/mol. The zero-order valence-electron chi connectivity index (χ0n) is 23.6. The molecule has 0 fully saturated rings. The van der Waals surface area contributed by atoms with E-state index in [1.807, 2.05) is 6.07 Å². The van der Waals surface area contributed by atoms with Gasteiger partial charge in [0.05, 0.1) is 31.0 Å². The number of amides is 2. The lowest BCUT2D eigenvalue weighted by atomic mass is 9.82. The Bertz CT molecular complexity index is 1580. The second kappa shape index (κ2) is 10.6. The fraction of sp³-hybridized carbons (Fsp3) is 0.367. The quantitative estimate of drug-likeness (QED) is 0.421. The predicted octanol–water partition coefficient (Wildman–Crippen LogP) is 3.51. The number of ether oxygens (including phenoxy) is 5. The molecular formula is C30H29F2N3O8. The Morgan fingerprint density at radius 2 is 1.88 bits per heavy atom. The molecule has 0 aliphatic carbocycles. The molecule has 3 aromatic rings. The largest absolute Gasteiger partial charge is 0.586 e. The van der Waals surface area contributed by atoms with Crippen molar-refractivity contribution in [3.63, 3.8) is 0 Å². The van der Waals surface area contributed by atoms with Crippen LogP contribution in [-0.2, 0) is 10.2 Å². The number of nitrogens with one attached hydrogen (secondary N) is 1. The smallest absolute Gasteiger partial charge is 0.497 e. The Hall–Kier alpha value is -4.65. The zero-order chi connectivity index (χ0) is 30.5. The van der Waals surface area contributed by atoms with Crippen molar-refractivity contribution in [2.45, 2.75) is 37.2 Å². The van der Waals surface area contributed by atoms with Gasteiger partial charge in [0, 0.05) is 49.5 Å². The van der Waals surface area contributed by atoms with Crippen LogP contribution in [-0.4, -0.2) is 67.0 Å². The molecule has 43 heavy (non-hydrogen) atoms. The van der Waals surface area contributed by atoms with Crippen LogP contribution < -0.4 is 29.0 Å². The number of halogens is 2. The minimum absolute atomic E-state index is 0.0165. The summed E-state index contributed by atoms with van der Waals surface area (Å²) >= 11 is 0. The van der Waals surface area contributed by atoms with Crippen molar-refractivity contribution in [2.75, 3.05) is 33.9 Å². The van der Waals surface area contributed by atoms with Gasteiger partial charge >= 0.3 is 6.29 Å². The second-order valence-corrected chi connectivity index (χ2v) is 10.8. The number of likely N-dealkylation sites (N-methyl/N-ethyl adjacent to an activating group) is 1. The maximum absolute atomic E-state index is 13.9. The van der Waals surface area contributed by atoms with Crippen molar-refractivity contribution in [1.82, 2.24) is 15.2 Å². The lowest BCUT2D eigenvalue weighted by Gasteiger charge is -2.34. The number of benzene rings is 2. The molecule has 3 atom stereocenters. The van der Waals surface area contributed by atoms with Crippen LogP contribution in [0, 0.1) is 0 Å². The second-order valence-electron chi connectivity index (χ2n) is 10.8. The topological polar surface area (TPSA) is 129 Å². The molecule has 0 radical (unpaired) electrons. The molecule has 0 saturated carbocycles. The number of rotatable bonds is 7. The van der Waals surface area contributed by atoms with E-state index in [1.54, 1.807) is 38.2 Å². The molecule has 3 aliphatic rings. The number of aromatic nitrogens is 1. The van der Waals surface area contributed by atoms with Gasteiger partial charge in [-0.25, -0.2) is 0 Å². The first-order chi connectivity index (χ1) is 20.5. The van der Waals surface area contributed by atoms with E-state index in [0.29, 0.717) is 34.7 Å². The van der Waals surface area contributed by atoms with E-state index in [9.17, 15) is 18.4 Å². The molecule has 2 N–H and O–H groups in total. The van der Waals surface area contributed by atoms with Gasteiger partial charge in [-0.1, -0.05) is 0 Å². The number of nitrogens with zero attached hydrogens (tertiary/aromatic N) is 2. The van der Waals surface area contributed by atoms with Crippen molar-refractivity contribution in [3.8, 4) is 28.7 Å². The molecule has 2 amide bonds. The maximum atomic E-state index is 13.9. The summed E-state index contributed by atoms with van der Waals surface area (Å²) in [6.07, 6.45) is -2.62. The van der Waals surface area contributed by atoms with Crippen LogP contribution in [0.1, 0.15) is 52.7 Å². The number of hydrogen-bond acceptors (Lipinski definition) is 9. The van der Waals surface area contributed by atoms with E-state index < -0.39 is 23.9 Å². The highest BCUT2D eigenvalue weighted by Gasteiger charge is 2.49. The lowest BCUT2D eigenvalue weighted by Crippen LogP contribution is -2.46. The zero-order valence-corrected chi connectivity index (χ0v) is 23.6. The van der Waals surface area contributed by atoms with Gasteiger partial charge in [-0.15, -0.1) is 8.78 Å². The Morgan fingerprint density at radius 1 is 1.12 bits per heavy atom. The number of fused-ring (bicyclic) bond motifs is 3. The first-order valence-corrected chi connectivity index (χ1v) is 13.6. The molecule has 3 aliphatic heterocycles. The molecule has 4 heterocycles. The minimum Gasteiger partial charge on any atom is -0.497 e. The highest BCUT2D eigenvalue weighted by Crippen LogP contribution is 2.50. The average molecular weight is 598 g/mol. The third-order valence-corrected chi connectivity index (χ3v) is 7.88. The van der Waals surface area contributed by atoms with Crippen molar-refractivity contribution < 1.29 is 47.2 Å². The fourth-order valence-electron chi connectivity index (χ4n) is 5.42. The maximum Gasteiger partial charge on any atom is 0.586 e. The number of hydrogen-bond donors (Lipinski definition) is 2. The summed E-state index contributed by atoms with van der Waals surface area (Å²) in [5.74, 6) is 0.307. The van der Waals surface area contributed by atoms with Crippen molar-refractivity contribution >= 4 is 11.8 Å². The molecule has 13 heteroatoms. The van der Waals surface area contributed by atoms with E-state index in [2.05, 4.69) is 19.8 Å². The van der Waals surface area contributed by atoms with E-state index in [4.69, 9.17) is 19.3 Å². The van der Waals surface area contributed by atoms with E-state index in [1.165, 1.54) is 30.3 Å². The molecule has 0 unspecified atom stereocenters. The van der Waals surface area contributed by atoms with Gasteiger partial charge in [0.2, 0.25) is 5.91 Å². The summed E-state index contributed by atoms with van der Waals surface area (Å²) in [7, 11) is 3.12. The number of carbonyl (C=O) groups is 2. The molecule has 2 aromatic carbocycles. The monoisotopic (exact) mass is 597 g/mol. The highest BCUT2D eigenvalue weighted by molar-refractivity contribution is 5.93. The summed E-state index contributed by atoms with van der Waals surface area (Å²) in [4.78, 5) is 32.3. The molecule has 11 nitrogen and oxygen atoms in total. The third-order valence-electron chi connectivity index (χ3n) is 7.88. The summed E-state index contributed by atoms with van der Waals surface area (Å²) in [6, 6.07) is 10.8. The summed E-state index contributed by atoms with van der Waals surface area (Å²) in [6.45, 7) is 1.69. The van der Waals surface area contributed by atoms with Crippen molar-refractivity contribution in [1.29, 1.82) is 0 Å². The number of carbonyl (C=O) groups excluding carboxylic acids is 2. The Kier molecular flexibility index (Phi) is 6.99. The summed E-state index contributed by atoms with van der Waals surface area (Å²) in [5, 5.41) is 12.2. The summed E-state index contributed by atoms with van der Waals surface area (Å²) in [5.41, 5.74) is 0.803. The van der Waals surface area contributed by atoms with Gasteiger partial charge in [-0.05, 0) is 37.3 Å². The first kappa shape index (κ1) is 28.5. The van der Waals surface area contributed by atoms with E-state index >= 15 is 0 Å². The Labute approximate surface area is 245 Å². The Balaban J connectivity index is 1.27. The molecule has 6 rings (SSSR count). The third kappa shape index (κ3) is 5.13. The van der Waals surface area contributed by atoms with Gasteiger partial charge in [0.1, 0.15) is 35.4 Å². The number of alkyl halides is 2. The average Bonchev–Trinajstić information content (AvgIpc) is 3.49. The predicted molar refractivity (Wildman–Crippen MR) is 146 cm³/mol. The molecule has 0 spiro atoms. The number of aliphatic hydroxyl groups excluding tert-OH is 1. The highest BCUT2D eigenvalue weighted by atomic mass is 19.3. The van der Waals surface area contributed by atoms with Crippen LogP contribution in [0.5, 0.6) is 28.7 Å². The SMILES string of the molecule is COc1ccc2c(c1)O[C@@H](c1ccc(C(=O)N(C)CCO)cn1)C[C@H]2NC(=O)[C@@]1(C)COc2cc3c(cc21)OC(F)(F)O3. The number of methoxy groups -OCH3 is 1. The minimum atomic E-state index is -3.80. The van der Waals surface area contributed by atoms with Crippen LogP contribution in [0.4, 0.5) is 8.78 Å². The van der Waals surface area contributed by atoms with Crippen LogP contribution in [0.2, 0.25) is 0 Å². The number of pyridine rings is 1. The van der Waals surface area contributed by atoms with Gasteiger partial charge in [0.25, 0.3) is 5.91 Å². The first-order valence-electron chi connectivity index (χ1n) is 13.6. The number of aliphatic hydroxyl groups is 1. The molecule has 0 bridgehead atoms. The normalized spacial score (nSPS) is 22.5. The molecule has 226 valence electrons. The van der Waals surface area contributed by atoms with Crippen molar-refractivity contribution in [3.05, 3.63) is 71.0 Å². The Morgan fingerprint density at radius 3 is 2.58 bits per heavy atom. The van der Waals surface area contributed by atoms with E-state index in [-0.39, 0.29) is 48.8 Å². The van der Waals surface area contributed by atoms with Crippen LogP contribution in [0.25, 0.3) is 0 Å². The lowest BCUT2D eigenvalue weighted by molar-refractivity contribution is -0.286. The standard InChI is InChI=1S/C30H29F2N3O8/c1-29(15-40-23-13-26-25(11-19(23)29)42-30(31,32)43-26)28(38)34-21-12-24(41-22-10-17(39-3)5-6-18(21)22)20-7-4-16(14-33-20)27(37)35(2)8-9-36/h4-7,10-11,13-14,21,24,36H,8-9,12,15H2,1-3H3,(H,34,38)/t21-,24-,29+/m1/s1. The fourth-order valence-corrected chi connectivity index (χ4v) is 5.42. The molecule has 1 aromatic heterocycles. The van der Waals surface area contributed by atoms with Crippen LogP contribution in [0.3, 0.4) is 0 Å². The van der Waals surface area contributed by atoms with Crippen molar-refractivity contribution in [2.24, 2.45) is 0 Å². The summed E-state index contributed by atoms with van der Waals surface area (Å²) < 4.78 is 53.9. The van der Waals surface area contributed by atoms with E-state index in [0.717, 1.165) is 5.56 Å². The van der Waals surface area contributed by atoms with Gasteiger partial charge in [-0.3, -0.25) is 14.6 Å². The van der Waals surface area contributed by atoms with Crippen LogP contribution >= 0.6 is 0 Å². The van der Waals surface area contributed by atoms with Crippen LogP contribution in [0.15, 0.2) is 48.7 Å². The van der Waals surface area contributed by atoms with Gasteiger partial charge in [-0.2, -0.15) is 0 Å².